The first-order valence-corrected chi connectivity index (χ1v) is 10.9. The monoisotopic (exact) mass is 378 g/mol. The molecule has 0 saturated carbocycles. The van der Waals surface area contributed by atoms with Crippen LogP contribution in [-0.2, 0) is 6.42 Å². The smallest absolute Gasteiger partial charge is 0.000424 e. The van der Waals surface area contributed by atoms with Gasteiger partial charge in [-0.1, -0.05) is 36.5 Å². The van der Waals surface area contributed by atoms with E-state index in [4.69, 9.17) is 0 Å². The Balaban J connectivity index is 1.89. The zero-order chi connectivity index (χ0) is 20.4. The molecule has 0 atom stereocenters. The van der Waals surface area contributed by atoms with Crippen LogP contribution in [0.25, 0.3) is 22.3 Å². The summed E-state index contributed by atoms with van der Waals surface area (Å²) in [4.78, 5) is 0. The lowest BCUT2D eigenvalue weighted by atomic mass is 9.80. The van der Waals surface area contributed by atoms with Gasteiger partial charge >= 0.3 is 0 Å². The summed E-state index contributed by atoms with van der Waals surface area (Å²) in [5, 5.41) is 0. The molecule has 5 rings (SSSR count). The Kier molecular flexibility index (Phi) is 4.10. The predicted octanol–water partition coefficient (Wildman–Crippen LogP) is 7.79. The van der Waals surface area contributed by atoms with Gasteiger partial charge in [-0.2, -0.15) is 0 Å². The topological polar surface area (TPSA) is 0 Å². The molecule has 0 aromatic heterocycles. The second kappa shape index (κ2) is 6.46. The summed E-state index contributed by atoms with van der Waals surface area (Å²) in [5.41, 5.74) is 21.0. The van der Waals surface area contributed by atoms with Crippen LogP contribution in [0.3, 0.4) is 0 Å². The van der Waals surface area contributed by atoms with Crippen LogP contribution in [0.1, 0.15) is 68.5 Å². The molecular weight excluding hydrogens is 348 g/mol. The third-order valence-electron chi connectivity index (χ3n) is 7.77. The summed E-state index contributed by atoms with van der Waals surface area (Å²) >= 11 is 0. The van der Waals surface area contributed by atoms with Crippen LogP contribution < -0.4 is 0 Å². The van der Waals surface area contributed by atoms with Gasteiger partial charge in [0.25, 0.3) is 0 Å². The first-order valence-electron chi connectivity index (χ1n) is 10.9. The molecule has 0 N–H and O–H groups in total. The maximum Gasteiger partial charge on any atom is -0.000424 e. The Hall–Kier alpha value is -2.60. The molecule has 0 unspecified atom stereocenters. The molecule has 29 heavy (non-hydrogen) atoms. The Morgan fingerprint density at radius 1 is 0.483 bits per heavy atom. The van der Waals surface area contributed by atoms with E-state index in [1.54, 1.807) is 11.1 Å². The number of fused-ring (bicyclic) bond motifs is 3. The van der Waals surface area contributed by atoms with Gasteiger partial charge in [-0.3, -0.25) is 0 Å². The van der Waals surface area contributed by atoms with Crippen LogP contribution in [0.5, 0.6) is 0 Å². The molecule has 0 aliphatic heterocycles. The van der Waals surface area contributed by atoms with Crippen LogP contribution in [0.2, 0.25) is 0 Å². The maximum absolute atomic E-state index is 2.35. The van der Waals surface area contributed by atoms with Crippen LogP contribution in [0.15, 0.2) is 36.5 Å². The van der Waals surface area contributed by atoms with Crippen molar-refractivity contribution in [2.45, 2.75) is 60.8 Å². The largest absolute Gasteiger partial charge is 0.0801 e. The number of rotatable bonds is 2. The summed E-state index contributed by atoms with van der Waals surface area (Å²) in [6.07, 6.45) is 16.9. The Bertz CT molecular complexity index is 1210. The first-order chi connectivity index (χ1) is 13.9. The number of hydrogen-bond donors (Lipinski definition) is 0. The van der Waals surface area contributed by atoms with Crippen molar-refractivity contribution >= 4 is 11.1 Å². The summed E-state index contributed by atoms with van der Waals surface area (Å²) in [5.74, 6) is 0. The molecule has 0 bridgehead atoms. The number of allylic oxidation sites excluding steroid dienone is 8. The Morgan fingerprint density at radius 2 is 0.966 bits per heavy atom. The van der Waals surface area contributed by atoms with Crippen LogP contribution >= 0.6 is 0 Å². The van der Waals surface area contributed by atoms with Gasteiger partial charge in [-0.15, -0.1) is 0 Å². The lowest BCUT2D eigenvalue weighted by molar-refractivity contribution is 1.14. The lowest BCUT2D eigenvalue weighted by Gasteiger charge is -2.23. The standard InChI is InChI=1S/C29H30/c1-16-17(2)19(4)27-24(18(16)3)15-25-28(27)21(6)20(5)26(22-11-7-8-12-22)29(25)23-13-9-10-14-23/h7-11,13H,12,14-15H2,1-6H3. The average Bonchev–Trinajstić information content (AvgIpc) is 3.47. The van der Waals surface area contributed by atoms with Gasteiger partial charge in [0.1, 0.15) is 0 Å². The van der Waals surface area contributed by atoms with Crippen molar-refractivity contribution in [3.63, 3.8) is 0 Å². The summed E-state index contributed by atoms with van der Waals surface area (Å²) in [6.45, 7) is 13.9. The molecule has 2 aromatic carbocycles. The molecule has 0 amide bonds. The molecule has 146 valence electrons. The van der Waals surface area contributed by atoms with Crippen molar-refractivity contribution in [2.24, 2.45) is 0 Å². The molecule has 0 heteroatoms. The average molecular weight is 379 g/mol. The Labute approximate surface area is 175 Å². The molecule has 0 heterocycles. The highest BCUT2D eigenvalue weighted by atomic mass is 14.4. The molecule has 3 aliphatic rings. The summed E-state index contributed by atoms with van der Waals surface area (Å²) < 4.78 is 0. The first kappa shape index (κ1) is 18.4. The summed E-state index contributed by atoms with van der Waals surface area (Å²) in [7, 11) is 0. The molecule has 3 aliphatic carbocycles. The number of hydrogen-bond acceptors (Lipinski definition) is 0. The van der Waals surface area contributed by atoms with Gasteiger partial charge in [0.2, 0.25) is 0 Å². The molecule has 0 spiro atoms. The van der Waals surface area contributed by atoms with Gasteiger partial charge in [0, 0.05) is 0 Å². The fourth-order valence-electron chi connectivity index (χ4n) is 5.73. The van der Waals surface area contributed by atoms with Crippen molar-refractivity contribution < 1.29 is 0 Å². The van der Waals surface area contributed by atoms with Crippen molar-refractivity contribution in [1.29, 1.82) is 0 Å². The molecule has 0 fully saturated rings. The fraction of sp³-hybridized carbons (Fsp3) is 0.310. The zero-order valence-electron chi connectivity index (χ0n) is 18.6. The minimum Gasteiger partial charge on any atom is -0.0801 e. The van der Waals surface area contributed by atoms with E-state index in [2.05, 4.69) is 78.0 Å². The molecule has 0 saturated heterocycles. The highest BCUT2D eigenvalue weighted by Crippen LogP contribution is 2.51. The zero-order valence-corrected chi connectivity index (χ0v) is 18.6. The molecule has 2 aromatic rings. The van der Waals surface area contributed by atoms with Crippen LogP contribution in [0, 0.1) is 41.5 Å². The lowest BCUT2D eigenvalue weighted by Crippen LogP contribution is -2.04. The van der Waals surface area contributed by atoms with E-state index in [1.165, 1.54) is 66.8 Å². The van der Waals surface area contributed by atoms with Gasteiger partial charge < -0.3 is 0 Å². The van der Waals surface area contributed by atoms with E-state index in [9.17, 15) is 0 Å². The third-order valence-corrected chi connectivity index (χ3v) is 7.77. The highest BCUT2D eigenvalue weighted by molar-refractivity contribution is 5.95. The second-order valence-electron chi connectivity index (χ2n) is 9.03. The van der Waals surface area contributed by atoms with E-state index in [-0.39, 0.29) is 0 Å². The third kappa shape index (κ3) is 2.45. The van der Waals surface area contributed by atoms with Crippen molar-refractivity contribution in [1.82, 2.24) is 0 Å². The number of benzene rings is 2. The van der Waals surface area contributed by atoms with Gasteiger partial charge in [-0.05, 0) is 139 Å². The van der Waals surface area contributed by atoms with E-state index >= 15 is 0 Å². The Morgan fingerprint density at radius 3 is 1.55 bits per heavy atom. The predicted molar refractivity (Wildman–Crippen MR) is 127 cm³/mol. The minimum absolute atomic E-state index is 1.05. The summed E-state index contributed by atoms with van der Waals surface area (Å²) in [6, 6.07) is 0. The van der Waals surface area contributed by atoms with Crippen LogP contribution in [0.4, 0.5) is 0 Å². The van der Waals surface area contributed by atoms with Gasteiger partial charge in [0.05, 0.1) is 0 Å². The van der Waals surface area contributed by atoms with E-state index in [0.717, 1.165) is 19.3 Å². The van der Waals surface area contributed by atoms with Gasteiger partial charge in [0.15, 0.2) is 0 Å². The normalized spacial score (nSPS) is 16.3. The molecule has 0 nitrogen and oxygen atoms in total. The van der Waals surface area contributed by atoms with E-state index in [0.29, 0.717) is 0 Å². The highest BCUT2D eigenvalue weighted by Gasteiger charge is 2.32. The van der Waals surface area contributed by atoms with Crippen molar-refractivity contribution in [3.05, 3.63) is 92.1 Å². The van der Waals surface area contributed by atoms with Crippen molar-refractivity contribution in [3.8, 4) is 11.1 Å². The fourth-order valence-corrected chi connectivity index (χ4v) is 5.73. The minimum atomic E-state index is 1.05. The maximum atomic E-state index is 2.35. The second-order valence-corrected chi connectivity index (χ2v) is 9.03. The molecule has 0 radical (unpaired) electrons. The van der Waals surface area contributed by atoms with E-state index in [1.807, 2.05) is 0 Å². The van der Waals surface area contributed by atoms with Gasteiger partial charge in [-0.25, -0.2) is 0 Å². The SMILES string of the molecule is Cc1c(C)c(C)c2c(c1C)Cc1c(C3=CC=CC3)c(C3=CC=CC3)c(C)c(C)c1-2. The van der Waals surface area contributed by atoms with Crippen LogP contribution in [-0.4, -0.2) is 0 Å². The van der Waals surface area contributed by atoms with E-state index < -0.39 is 0 Å². The quantitative estimate of drug-likeness (QED) is 0.427. The van der Waals surface area contributed by atoms with Crippen molar-refractivity contribution in [2.75, 3.05) is 0 Å². The molecular formula is C29H30.